The lowest BCUT2D eigenvalue weighted by Gasteiger charge is -2.09. The van der Waals surface area contributed by atoms with Crippen molar-refractivity contribution < 1.29 is 21.6 Å². The summed E-state index contributed by atoms with van der Waals surface area (Å²) in [6.45, 7) is 0. The molecule has 9 heteroatoms. The van der Waals surface area contributed by atoms with Gasteiger partial charge in [0.1, 0.15) is 0 Å². The van der Waals surface area contributed by atoms with Crippen molar-refractivity contribution in [1.82, 2.24) is 9.78 Å². The maximum absolute atomic E-state index is 12.9. The molecule has 3 rings (SSSR count). The number of primary sulfonamides is 1. The molecule has 0 saturated carbocycles. The van der Waals surface area contributed by atoms with Crippen LogP contribution < -0.4 is 5.14 Å². The average Bonchev–Trinajstić information content (AvgIpc) is 3.03. The second kappa shape index (κ2) is 8.34. The van der Waals surface area contributed by atoms with Crippen LogP contribution in [0.3, 0.4) is 0 Å². The molecule has 1 heterocycles. The quantitative estimate of drug-likeness (QED) is 0.642. The number of hydrogen-bond acceptors (Lipinski definition) is 3. The topological polar surface area (TPSA) is 78.0 Å². The summed E-state index contributed by atoms with van der Waals surface area (Å²) in [5.41, 5.74) is 1.94. The lowest BCUT2D eigenvalue weighted by atomic mass is 10.0. The SMILES string of the molecule is Cn1ncc(C#Cc2ccc(S(N)(=O)=O)cc2)c1CCc1cccc(C(F)(F)F)c1. The first-order valence-electron chi connectivity index (χ1n) is 8.86. The number of nitrogens with two attached hydrogens (primary N) is 1. The Bertz CT molecular complexity index is 1220. The van der Waals surface area contributed by atoms with Crippen LogP contribution in [0.25, 0.3) is 0 Å². The van der Waals surface area contributed by atoms with E-state index in [-0.39, 0.29) is 4.90 Å². The third-order valence-corrected chi connectivity index (χ3v) is 5.42. The Morgan fingerprint density at radius 1 is 1.07 bits per heavy atom. The highest BCUT2D eigenvalue weighted by atomic mass is 32.2. The molecule has 0 spiro atoms. The number of alkyl halides is 3. The Balaban J connectivity index is 1.78. The Morgan fingerprint density at radius 2 is 1.77 bits per heavy atom. The summed E-state index contributed by atoms with van der Waals surface area (Å²) in [4.78, 5) is -0.00351. The van der Waals surface area contributed by atoms with Crippen LogP contribution in [0.2, 0.25) is 0 Å². The summed E-state index contributed by atoms with van der Waals surface area (Å²) in [5, 5.41) is 9.25. The smallest absolute Gasteiger partial charge is 0.271 e. The van der Waals surface area contributed by atoms with Crippen LogP contribution in [0, 0.1) is 11.8 Å². The lowest BCUT2D eigenvalue weighted by molar-refractivity contribution is -0.137. The minimum atomic E-state index is -4.38. The zero-order chi connectivity index (χ0) is 21.9. The number of aromatic nitrogens is 2. The van der Waals surface area contributed by atoms with Crippen molar-refractivity contribution in [3.8, 4) is 11.8 Å². The highest BCUT2D eigenvalue weighted by Gasteiger charge is 2.30. The summed E-state index contributed by atoms with van der Waals surface area (Å²) in [6, 6.07) is 11.1. The normalized spacial score (nSPS) is 11.8. The Kier molecular flexibility index (Phi) is 6.01. The van der Waals surface area contributed by atoms with E-state index in [2.05, 4.69) is 16.9 Å². The van der Waals surface area contributed by atoms with Gasteiger partial charge in [-0.05, 0) is 48.7 Å². The molecule has 0 aliphatic carbocycles. The zero-order valence-corrected chi connectivity index (χ0v) is 16.8. The van der Waals surface area contributed by atoms with Gasteiger partial charge in [0, 0.05) is 12.6 Å². The third-order valence-electron chi connectivity index (χ3n) is 4.49. The van der Waals surface area contributed by atoms with Crippen LogP contribution in [-0.2, 0) is 36.1 Å². The van der Waals surface area contributed by atoms with E-state index in [0.717, 1.165) is 17.8 Å². The van der Waals surface area contributed by atoms with Gasteiger partial charge in [0.15, 0.2) is 0 Å². The summed E-state index contributed by atoms with van der Waals surface area (Å²) in [5.74, 6) is 5.92. The molecule has 0 saturated heterocycles. The van der Waals surface area contributed by atoms with E-state index in [1.54, 1.807) is 36.1 Å². The van der Waals surface area contributed by atoms with E-state index in [0.29, 0.717) is 29.5 Å². The maximum Gasteiger partial charge on any atom is 0.416 e. The first kappa shape index (κ1) is 21.6. The van der Waals surface area contributed by atoms with Crippen molar-refractivity contribution >= 4 is 10.0 Å². The fourth-order valence-electron chi connectivity index (χ4n) is 2.90. The molecule has 1 aromatic heterocycles. The highest BCUT2D eigenvalue weighted by Crippen LogP contribution is 2.29. The van der Waals surface area contributed by atoms with Crippen LogP contribution in [0.15, 0.2) is 59.6 Å². The van der Waals surface area contributed by atoms with Crippen LogP contribution in [-0.4, -0.2) is 18.2 Å². The molecule has 5 nitrogen and oxygen atoms in total. The summed E-state index contributed by atoms with van der Waals surface area (Å²) in [7, 11) is -2.02. The summed E-state index contributed by atoms with van der Waals surface area (Å²) < 4.78 is 62.9. The van der Waals surface area contributed by atoms with E-state index in [1.807, 2.05) is 0 Å². The number of sulfonamides is 1. The van der Waals surface area contributed by atoms with E-state index in [1.165, 1.54) is 18.2 Å². The van der Waals surface area contributed by atoms with Gasteiger partial charge in [-0.25, -0.2) is 13.6 Å². The maximum atomic E-state index is 12.9. The van der Waals surface area contributed by atoms with Crippen molar-refractivity contribution in [3.63, 3.8) is 0 Å². The highest BCUT2D eigenvalue weighted by molar-refractivity contribution is 7.89. The standard InChI is InChI=1S/C21H18F3N3O2S/c1-27-20(12-8-16-3-2-4-18(13-16)21(22,23)24)17(14-26-27)9-5-15-6-10-19(11-7-15)30(25,28)29/h2-4,6-7,10-11,13-14H,8,12H2,1H3,(H2,25,28,29). The number of hydrogen-bond donors (Lipinski definition) is 1. The molecule has 156 valence electrons. The predicted molar refractivity (Wildman–Crippen MR) is 106 cm³/mol. The first-order valence-corrected chi connectivity index (χ1v) is 10.4. The Hall–Kier alpha value is -3.09. The lowest BCUT2D eigenvalue weighted by Crippen LogP contribution is -2.11. The average molecular weight is 433 g/mol. The van der Waals surface area contributed by atoms with Gasteiger partial charge in [-0.2, -0.15) is 18.3 Å². The molecule has 0 amide bonds. The van der Waals surface area contributed by atoms with Crippen molar-refractivity contribution in [3.05, 3.63) is 82.7 Å². The van der Waals surface area contributed by atoms with Gasteiger partial charge in [-0.1, -0.05) is 30.0 Å². The van der Waals surface area contributed by atoms with E-state index in [9.17, 15) is 21.6 Å². The molecule has 0 atom stereocenters. The molecular weight excluding hydrogens is 415 g/mol. The van der Waals surface area contributed by atoms with Crippen molar-refractivity contribution in [1.29, 1.82) is 0 Å². The van der Waals surface area contributed by atoms with Gasteiger partial charge in [0.2, 0.25) is 10.0 Å². The largest absolute Gasteiger partial charge is 0.416 e. The Morgan fingerprint density at radius 3 is 2.40 bits per heavy atom. The minimum absolute atomic E-state index is 0.00351. The van der Waals surface area contributed by atoms with Crippen molar-refractivity contribution in [2.24, 2.45) is 12.2 Å². The molecule has 30 heavy (non-hydrogen) atoms. The summed E-state index contributed by atoms with van der Waals surface area (Å²) >= 11 is 0. The van der Waals surface area contributed by atoms with Gasteiger partial charge < -0.3 is 0 Å². The molecular formula is C21H18F3N3O2S. The van der Waals surface area contributed by atoms with Crippen molar-refractivity contribution in [2.75, 3.05) is 0 Å². The van der Waals surface area contributed by atoms with Gasteiger partial charge in [-0.3, -0.25) is 4.68 Å². The van der Waals surface area contributed by atoms with Crippen molar-refractivity contribution in [2.45, 2.75) is 23.9 Å². The number of benzene rings is 2. The molecule has 2 aromatic carbocycles. The second-order valence-corrected chi connectivity index (χ2v) is 8.21. The predicted octanol–water partition coefficient (Wildman–Crippen LogP) is 3.27. The first-order chi connectivity index (χ1) is 14.0. The third kappa shape index (κ3) is 5.28. The molecule has 0 aliphatic rings. The van der Waals surface area contributed by atoms with Gasteiger partial charge in [-0.15, -0.1) is 0 Å². The van der Waals surface area contributed by atoms with Gasteiger partial charge >= 0.3 is 6.18 Å². The molecule has 0 fully saturated rings. The molecule has 0 aliphatic heterocycles. The van der Waals surface area contributed by atoms with Crippen LogP contribution in [0.4, 0.5) is 13.2 Å². The second-order valence-electron chi connectivity index (χ2n) is 6.65. The molecule has 0 radical (unpaired) electrons. The number of nitrogens with zero attached hydrogens (tertiary/aromatic N) is 2. The number of aryl methyl sites for hydroxylation is 2. The minimum Gasteiger partial charge on any atom is -0.271 e. The molecule has 0 bridgehead atoms. The number of halogens is 3. The fourth-order valence-corrected chi connectivity index (χ4v) is 3.41. The summed E-state index contributed by atoms with van der Waals surface area (Å²) in [6.07, 6.45) is -1.92. The van der Waals surface area contributed by atoms with Gasteiger partial charge in [0.05, 0.1) is 27.9 Å². The Labute approximate surface area is 172 Å². The molecule has 0 unspecified atom stereocenters. The fraction of sp³-hybridized carbons (Fsp3) is 0.190. The van der Waals surface area contributed by atoms with Gasteiger partial charge in [0.25, 0.3) is 0 Å². The monoisotopic (exact) mass is 433 g/mol. The van der Waals surface area contributed by atoms with E-state index >= 15 is 0 Å². The molecule has 2 N–H and O–H groups in total. The number of rotatable bonds is 4. The van der Waals surface area contributed by atoms with Crippen LogP contribution in [0.1, 0.15) is 27.9 Å². The van der Waals surface area contributed by atoms with E-state index in [4.69, 9.17) is 5.14 Å². The molecule has 3 aromatic rings. The van der Waals surface area contributed by atoms with Crippen LogP contribution in [0.5, 0.6) is 0 Å². The van der Waals surface area contributed by atoms with E-state index < -0.39 is 21.8 Å². The van der Waals surface area contributed by atoms with Crippen LogP contribution >= 0.6 is 0 Å². The zero-order valence-electron chi connectivity index (χ0n) is 15.9.